The van der Waals surface area contributed by atoms with Crippen molar-refractivity contribution < 1.29 is 9.52 Å². The number of rotatable bonds is 3. The molecule has 2 aromatic rings. The van der Waals surface area contributed by atoms with E-state index in [-0.39, 0.29) is 0 Å². The molecule has 1 aliphatic rings. The summed E-state index contributed by atoms with van der Waals surface area (Å²) in [6.07, 6.45) is 7.64. The van der Waals surface area contributed by atoms with Crippen LogP contribution in [0.25, 0.3) is 11.0 Å². The van der Waals surface area contributed by atoms with Crippen molar-refractivity contribution in [2.75, 3.05) is 0 Å². The fourth-order valence-corrected chi connectivity index (χ4v) is 3.55. The summed E-state index contributed by atoms with van der Waals surface area (Å²) in [5, 5.41) is 12.1. The fraction of sp³-hybridized carbons (Fsp3) is 0.556. The van der Waals surface area contributed by atoms with E-state index in [1.54, 1.807) is 0 Å². The molecule has 108 valence electrons. The second kappa shape index (κ2) is 5.61. The SMILES string of the molecule is CCCC1CCCC(O)(c2cc3ccccc3o2)CC1. The summed E-state index contributed by atoms with van der Waals surface area (Å²) in [4.78, 5) is 0. The molecule has 2 heteroatoms. The van der Waals surface area contributed by atoms with Crippen molar-refractivity contribution in [3.8, 4) is 0 Å². The van der Waals surface area contributed by atoms with Crippen molar-refractivity contribution in [3.63, 3.8) is 0 Å². The van der Waals surface area contributed by atoms with Gasteiger partial charge < -0.3 is 9.52 Å². The quantitative estimate of drug-likeness (QED) is 0.797. The molecular weight excluding hydrogens is 248 g/mol. The minimum atomic E-state index is -0.762. The number of furan rings is 1. The van der Waals surface area contributed by atoms with Gasteiger partial charge in [-0.05, 0) is 43.7 Å². The van der Waals surface area contributed by atoms with Crippen LogP contribution in [0.15, 0.2) is 34.7 Å². The van der Waals surface area contributed by atoms with Crippen LogP contribution in [0.4, 0.5) is 0 Å². The number of aliphatic hydroxyl groups is 1. The van der Waals surface area contributed by atoms with Crippen molar-refractivity contribution in [2.45, 2.75) is 57.5 Å². The molecule has 1 aromatic heterocycles. The summed E-state index contributed by atoms with van der Waals surface area (Å²) in [7, 11) is 0. The monoisotopic (exact) mass is 272 g/mol. The Balaban J connectivity index is 1.84. The number of hydrogen-bond acceptors (Lipinski definition) is 2. The van der Waals surface area contributed by atoms with Gasteiger partial charge in [0.2, 0.25) is 0 Å². The van der Waals surface area contributed by atoms with Gasteiger partial charge in [0.1, 0.15) is 16.9 Å². The number of para-hydroxylation sites is 1. The Hall–Kier alpha value is -1.28. The molecule has 1 aromatic carbocycles. The van der Waals surface area contributed by atoms with E-state index in [9.17, 15) is 5.11 Å². The smallest absolute Gasteiger partial charge is 0.136 e. The Kier molecular flexibility index (Phi) is 3.84. The second-order valence-corrected chi connectivity index (χ2v) is 6.27. The summed E-state index contributed by atoms with van der Waals surface area (Å²) in [6, 6.07) is 10.0. The van der Waals surface area contributed by atoms with Crippen LogP contribution < -0.4 is 0 Å². The molecule has 0 spiro atoms. The van der Waals surface area contributed by atoms with Crippen molar-refractivity contribution in [3.05, 3.63) is 36.1 Å². The summed E-state index contributed by atoms with van der Waals surface area (Å²) >= 11 is 0. The van der Waals surface area contributed by atoms with E-state index in [4.69, 9.17) is 4.42 Å². The molecule has 3 rings (SSSR count). The van der Waals surface area contributed by atoms with E-state index >= 15 is 0 Å². The molecule has 1 aliphatic carbocycles. The lowest BCUT2D eigenvalue weighted by molar-refractivity contribution is 0.000103. The molecule has 1 heterocycles. The minimum Gasteiger partial charge on any atom is -0.458 e. The van der Waals surface area contributed by atoms with Gasteiger partial charge in [-0.2, -0.15) is 0 Å². The standard InChI is InChI=1S/C18H24O2/c1-2-6-14-7-5-11-18(19,12-10-14)17-13-15-8-3-4-9-16(15)20-17/h3-4,8-9,13-14,19H,2,5-7,10-12H2,1H3. The zero-order valence-electron chi connectivity index (χ0n) is 12.3. The summed E-state index contributed by atoms with van der Waals surface area (Å²) in [6.45, 7) is 2.25. The van der Waals surface area contributed by atoms with Crippen LogP contribution in [0.3, 0.4) is 0 Å². The highest BCUT2D eigenvalue weighted by Crippen LogP contribution is 2.40. The van der Waals surface area contributed by atoms with Gasteiger partial charge >= 0.3 is 0 Å². The fourth-order valence-electron chi connectivity index (χ4n) is 3.55. The topological polar surface area (TPSA) is 33.4 Å². The third kappa shape index (κ3) is 2.62. The van der Waals surface area contributed by atoms with Crippen LogP contribution in [0.2, 0.25) is 0 Å². The van der Waals surface area contributed by atoms with Gasteiger partial charge in [0.25, 0.3) is 0 Å². The van der Waals surface area contributed by atoms with E-state index < -0.39 is 5.60 Å². The molecule has 1 saturated carbocycles. The Bertz CT molecular complexity index is 539. The molecule has 0 aliphatic heterocycles. The van der Waals surface area contributed by atoms with E-state index in [1.165, 1.54) is 19.3 Å². The first-order chi connectivity index (χ1) is 9.71. The van der Waals surface area contributed by atoms with Gasteiger partial charge in [-0.15, -0.1) is 0 Å². The molecule has 2 nitrogen and oxygen atoms in total. The molecule has 20 heavy (non-hydrogen) atoms. The average Bonchev–Trinajstić information content (AvgIpc) is 2.81. The molecule has 0 amide bonds. The number of benzene rings is 1. The van der Waals surface area contributed by atoms with Crippen LogP contribution in [0, 0.1) is 5.92 Å². The van der Waals surface area contributed by atoms with Crippen LogP contribution in [-0.2, 0) is 5.60 Å². The Morgan fingerprint density at radius 3 is 2.90 bits per heavy atom. The molecular formula is C18H24O2. The summed E-state index contributed by atoms with van der Waals surface area (Å²) in [5.74, 6) is 1.54. The molecule has 0 radical (unpaired) electrons. The van der Waals surface area contributed by atoms with Gasteiger partial charge in [0, 0.05) is 5.39 Å². The molecule has 0 saturated heterocycles. The normalized spacial score (nSPS) is 27.6. The summed E-state index contributed by atoms with van der Waals surface area (Å²) < 4.78 is 5.91. The van der Waals surface area contributed by atoms with Crippen LogP contribution in [0.5, 0.6) is 0 Å². The Labute approximate surface area is 120 Å². The van der Waals surface area contributed by atoms with Crippen molar-refractivity contribution in [1.29, 1.82) is 0 Å². The summed E-state index contributed by atoms with van der Waals surface area (Å²) in [5.41, 5.74) is 0.117. The lowest BCUT2D eigenvalue weighted by Gasteiger charge is -2.24. The first kappa shape index (κ1) is 13.7. The number of hydrogen-bond donors (Lipinski definition) is 1. The highest BCUT2D eigenvalue weighted by atomic mass is 16.4. The van der Waals surface area contributed by atoms with Gasteiger partial charge in [0.15, 0.2) is 0 Å². The zero-order chi connectivity index (χ0) is 14.0. The van der Waals surface area contributed by atoms with Gasteiger partial charge in [-0.1, -0.05) is 44.4 Å². The molecule has 2 unspecified atom stereocenters. The van der Waals surface area contributed by atoms with Gasteiger partial charge in [-0.3, -0.25) is 0 Å². The predicted octanol–water partition coefficient (Wildman–Crippen LogP) is 5.00. The molecule has 2 atom stereocenters. The third-order valence-corrected chi connectivity index (χ3v) is 4.75. The molecule has 1 N–H and O–H groups in total. The maximum Gasteiger partial charge on any atom is 0.136 e. The van der Waals surface area contributed by atoms with Crippen molar-refractivity contribution in [2.24, 2.45) is 5.92 Å². The maximum atomic E-state index is 11.0. The van der Waals surface area contributed by atoms with E-state index in [2.05, 4.69) is 6.92 Å². The van der Waals surface area contributed by atoms with Crippen molar-refractivity contribution >= 4 is 11.0 Å². The zero-order valence-corrected chi connectivity index (χ0v) is 12.3. The molecule has 0 bridgehead atoms. The minimum absolute atomic E-state index is 0.760. The predicted molar refractivity (Wildman–Crippen MR) is 81.6 cm³/mol. The van der Waals surface area contributed by atoms with Crippen molar-refractivity contribution in [1.82, 2.24) is 0 Å². The Morgan fingerprint density at radius 1 is 1.25 bits per heavy atom. The molecule has 1 fully saturated rings. The van der Waals surface area contributed by atoms with Crippen LogP contribution in [0.1, 0.15) is 57.6 Å². The third-order valence-electron chi connectivity index (χ3n) is 4.75. The second-order valence-electron chi connectivity index (χ2n) is 6.27. The van der Waals surface area contributed by atoms with E-state index in [1.807, 2.05) is 30.3 Å². The Morgan fingerprint density at radius 2 is 2.10 bits per heavy atom. The first-order valence-electron chi connectivity index (χ1n) is 7.93. The van der Waals surface area contributed by atoms with Gasteiger partial charge in [-0.25, -0.2) is 0 Å². The lowest BCUT2D eigenvalue weighted by atomic mass is 9.90. The highest BCUT2D eigenvalue weighted by molar-refractivity contribution is 5.77. The maximum absolute atomic E-state index is 11.0. The first-order valence-corrected chi connectivity index (χ1v) is 7.93. The van der Waals surface area contributed by atoms with Crippen LogP contribution in [-0.4, -0.2) is 5.11 Å². The number of fused-ring (bicyclic) bond motifs is 1. The largest absolute Gasteiger partial charge is 0.458 e. The van der Waals surface area contributed by atoms with E-state index in [0.29, 0.717) is 0 Å². The highest BCUT2D eigenvalue weighted by Gasteiger charge is 2.35. The van der Waals surface area contributed by atoms with Crippen LogP contribution >= 0.6 is 0 Å². The van der Waals surface area contributed by atoms with Gasteiger partial charge in [0.05, 0.1) is 0 Å². The lowest BCUT2D eigenvalue weighted by Crippen LogP contribution is -2.24. The average molecular weight is 272 g/mol. The van der Waals surface area contributed by atoms with E-state index in [0.717, 1.165) is 48.3 Å².